The van der Waals surface area contributed by atoms with Gasteiger partial charge in [-0.25, -0.2) is 0 Å². The molecule has 0 radical (unpaired) electrons. The maximum Gasteiger partial charge on any atom is 0.272 e. The first-order valence-electron chi connectivity index (χ1n) is 5.58. The van der Waals surface area contributed by atoms with E-state index < -0.39 is 4.92 Å². The van der Waals surface area contributed by atoms with Crippen LogP contribution in [0.4, 0.5) is 5.69 Å². The van der Waals surface area contributed by atoms with E-state index in [0.29, 0.717) is 11.1 Å². The average molecular weight is 257 g/mol. The smallest absolute Gasteiger partial charge is 0.272 e. The predicted molar refractivity (Wildman–Crippen MR) is 69.4 cm³/mol. The molecule has 0 spiro atoms. The Labute approximate surface area is 109 Å². The van der Waals surface area contributed by atoms with E-state index in [1.165, 1.54) is 30.3 Å². The second kappa shape index (κ2) is 4.89. The summed E-state index contributed by atoms with van der Waals surface area (Å²) in [5.74, 6) is -0.473. The number of benzene rings is 2. The first-order chi connectivity index (χ1) is 9.00. The van der Waals surface area contributed by atoms with E-state index in [9.17, 15) is 20.0 Å². The molecule has 0 aliphatic carbocycles. The molecule has 0 aromatic heterocycles. The highest BCUT2D eigenvalue weighted by Gasteiger charge is 2.16. The summed E-state index contributed by atoms with van der Waals surface area (Å²) < 4.78 is 0. The van der Waals surface area contributed by atoms with Crippen molar-refractivity contribution in [2.75, 3.05) is 0 Å². The molecule has 5 nitrogen and oxygen atoms in total. The van der Waals surface area contributed by atoms with Gasteiger partial charge < -0.3 is 5.11 Å². The number of nitro groups is 1. The molecule has 96 valence electrons. The lowest BCUT2D eigenvalue weighted by Crippen LogP contribution is -2.03. The molecule has 19 heavy (non-hydrogen) atoms. The van der Waals surface area contributed by atoms with Crippen LogP contribution in [0.15, 0.2) is 42.5 Å². The summed E-state index contributed by atoms with van der Waals surface area (Å²) in [7, 11) is 0. The number of phenols is 1. The number of carbonyl (C=O) groups is 1. The van der Waals surface area contributed by atoms with Gasteiger partial charge in [0.05, 0.1) is 10.5 Å². The normalized spacial score (nSPS) is 10.2. The summed E-state index contributed by atoms with van der Waals surface area (Å²) in [6.07, 6.45) is 0. The number of rotatable bonds is 3. The maximum absolute atomic E-state index is 12.2. The molecule has 2 aromatic rings. The second-order valence-corrected chi connectivity index (χ2v) is 4.10. The van der Waals surface area contributed by atoms with E-state index in [-0.39, 0.29) is 22.8 Å². The van der Waals surface area contributed by atoms with E-state index in [2.05, 4.69) is 0 Å². The van der Waals surface area contributed by atoms with Crippen LogP contribution in [0.1, 0.15) is 21.5 Å². The molecule has 0 aliphatic heterocycles. The Morgan fingerprint density at radius 3 is 2.47 bits per heavy atom. The molecule has 0 bridgehead atoms. The van der Waals surface area contributed by atoms with Crippen LogP contribution in [-0.4, -0.2) is 15.8 Å². The summed E-state index contributed by atoms with van der Waals surface area (Å²) in [6, 6.07) is 10.3. The zero-order valence-corrected chi connectivity index (χ0v) is 10.2. The van der Waals surface area contributed by atoms with E-state index >= 15 is 0 Å². The molecule has 0 aliphatic rings. The van der Waals surface area contributed by atoms with Gasteiger partial charge in [-0.3, -0.25) is 14.9 Å². The summed E-state index contributed by atoms with van der Waals surface area (Å²) in [6.45, 7) is 1.57. The van der Waals surface area contributed by atoms with Gasteiger partial charge in [0.2, 0.25) is 0 Å². The van der Waals surface area contributed by atoms with Gasteiger partial charge in [0.25, 0.3) is 5.69 Å². The minimum atomic E-state index is -0.496. The quantitative estimate of drug-likeness (QED) is 0.520. The Morgan fingerprint density at radius 2 is 1.89 bits per heavy atom. The summed E-state index contributed by atoms with van der Waals surface area (Å²) in [5, 5.41) is 20.3. The number of hydrogen-bond donors (Lipinski definition) is 1. The SMILES string of the molecule is Cc1cc(C(=O)c2ccccc2O)ccc1[N+](=O)[O-]. The van der Waals surface area contributed by atoms with Crippen molar-refractivity contribution in [2.24, 2.45) is 0 Å². The number of hydrogen-bond acceptors (Lipinski definition) is 4. The number of phenolic OH excluding ortho intramolecular Hbond substituents is 1. The van der Waals surface area contributed by atoms with Crippen molar-refractivity contribution >= 4 is 11.5 Å². The molecule has 2 aromatic carbocycles. The molecule has 0 unspecified atom stereocenters. The van der Waals surface area contributed by atoms with Crippen LogP contribution in [0.3, 0.4) is 0 Å². The van der Waals surface area contributed by atoms with Crippen LogP contribution in [-0.2, 0) is 0 Å². The molecule has 0 amide bonds. The number of nitrogens with zero attached hydrogens (tertiary/aromatic N) is 1. The van der Waals surface area contributed by atoms with Gasteiger partial charge in [-0.15, -0.1) is 0 Å². The lowest BCUT2D eigenvalue weighted by atomic mass is 10.0. The minimum Gasteiger partial charge on any atom is -0.507 e. The van der Waals surface area contributed by atoms with Gasteiger partial charge >= 0.3 is 0 Å². The molecule has 1 N–H and O–H groups in total. The number of aromatic hydroxyl groups is 1. The molecular weight excluding hydrogens is 246 g/mol. The van der Waals surface area contributed by atoms with Crippen molar-refractivity contribution in [2.45, 2.75) is 6.92 Å². The molecule has 0 saturated heterocycles. The molecule has 0 fully saturated rings. The number of aryl methyl sites for hydroxylation is 1. The van der Waals surface area contributed by atoms with Crippen molar-refractivity contribution in [3.63, 3.8) is 0 Å². The fourth-order valence-electron chi connectivity index (χ4n) is 1.82. The van der Waals surface area contributed by atoms with Gasteiger partial charge in [-0.2, -0.15) is 0 Å². The fraction of sp³-hybridized carbons (Fsp3) is 0.0714. The first kappa shape index (κ1) is 12.8. The van der Waals surface area contributed by atoms with Gasteiger partial charge in [-0.1, -0.05) is 12.1 Å². The van der Waals surface area contributed by atoms with Crippen LogP contribution >= 0.6 is 0 Å². The van der Waals surface area contributed by atoms with Crippen molar-refractivity contribution in [3.05, 3.63) is 69.3 Å². The number of ketones is 1. The standard InChI is InChI=1S/C14H11NO4/c1-9-8-10(6-7-12(9)15(18)19)14(17)11-4-2-3-5-13(11)16/h2-8,16H,1H3. The third-order valence-electron chi connectivity index (χ3n) is 2.80. The van der Waals surface area contributed by atoms with E-state index in [4.69, 9.17) is 0 Å². The number of carbonyl (C=O) groups excluding carboxylic acids is 1. The first-order valence-corrected chi connectivity index (χ1v) is 5.58. The van der Waals surface area contributed by atoms with E-state index in [1.54, 1.807) is 19.1 Å². The van der Waals surface area contributed by atoms with E-state index in [0.717, 1.165) is 0 Å². The van der Waals surface area contributed by atoms with Gasteiger partial charge in [0.15, 0.2) is 5.78 Å². The van der Waals surface area contributed by atoms with Crippen molar-refractivity contribution in [3.8, 4) is 5.75 Å². The largest absolute Gasteiger partial charge is 0.507 e. The molecule has 0 heterocycles. The molecule has 5 heteroatoms. The second-order valence-electron chi connectivity index (χ2n) is 4.10. The highest BCUT2D eigenvalue weighted by molar-refractivity contribution is 6.10. The van der Waals surface area contributed by atoms with E-state index in [1.807, 2.05) is 0 Å². The third-order valence-corrected chi connectivity index (χ3v) is 2.80. The zero-order chi connectivity index (χ0) is 14.0. The third kappa shape index (κ3) is 2.44. The van der Waals surface area contributed by atoms with Crippen LogP contribution in [0, 0.1) is 17.0 Å². The Kier molecular flexibility index (Phi) is 3.29. The van der Waals surface area contributed by atoms with Crippen molar-refractivity contribution in [1.82, 2.24) is 0 Å². The Bertz CT molecular complexity index is 664. The summed E-state index contributed by atoms with van der Waals surface area (Å²) >= 11 is 0. The van der Waals surface area contributed by atoms with Gasteiger partial charge in [0.1, 0.15) is 5.75 Å². The lowest BCUT2D eigenvalue weighted by Gasteiger charge is -2.05. The monoisotopic (exact) mass is 257 g/mol. The summed E-state index contributed by atoms with van der Waals surface area (Å²) in [5.41, 5.74) is 0.862. The molecule has 0 atom stereocenters. The Hall–Kier alpha value is -2.69. The number of para-hydroxylation sites is 1. The zero-order valence-electron chi connectivity index (χ0n) is 10.2. The van der Waals surface area contributed by atoms with Crippen LogP contribution < -0.4 is 0 Å². The average Bonchev–Trinajstić information content (AvgIpc) is 2.38. The van der Waals surface area contributed by atoms with Crippen LogP contribution in [0.5, 0.6) is 5.75 Å². The predicted octanol–water partition coefficient (Wildman–Crippen LogP) is 2.84. The van der Waals surface area contributed by atoms with Crippen molar-refractivity contribution < 1.29 is 14.8 Å². The molecule has 2 rings (SSSR count). The van der Waals surface area contributed by atoms with Crippen molar-refractivity contribution in [1.29, 1.82) is 0 Å². The topological polar surface area (TPSA) is 80.4 Å². The molecule has 0 saturated carbocycles. The molecular formula is C14H11NO4. The minimum absolute atomic E-state index is 0.0335. The van der Waals surface area contributed by atoms with Crippen LogP contribution in [0.25, 0.3) is 0 Å². The lowest BCUT2D eigenvalue weighted by molar-refractivity contribution is -0.385. The Balaban J connectivity index is 2.43. The van der Waals surface area contributed by atoms with Gasteiger partial charge in [-0.05, 0) is 31.2 Å². The van der Waals surface area contributed by atoms with Gasteiger partial charge in [0, 0.05) is 17.2 Å². The Morgan fingerprint density at radius 1 is 1.21 bits per heavy atom. The highest BCUT2D eigenvalue weighted by Crippen LogP contribution is 2.23. The maximum atomic E-state index is 12.2. The highest BCUT2D eigenvalue weighted by atomic mass is 16.6. The summed E-state index contributed by atoms with van der Waals surface area (Å²) in [4.78, 5) is 22.4. The van der Waals surface area contributed by atoms with Crippen LogP contribution in [0.2, 0.25) is 0 Å². The number of nitro benzene ring substituents is 1. The fourth-order valence-corrected chi connectivity index (χ4v) is 1.82.